The van der Waals surface area contributed by atoms with Gasteiger partial charge in [0, 0.05) is 30.2 Å². The predicted octanol–water partition coefficient (Wildman–Crippen LogP) is 2.34. The van der Waals surface area contributed by atoms with E-state index >= 15 is 0 Å². The average Bonchev–Trinajstić information content (AvgIpc) is 2.59. The Morgan fingerprint density at radius 1 is 1.25 bits per heavy atom. The lowest BCUT2D eigenvalue weighted by molar-refractivity contribution is -0.126. The first-order valence-electron chi connectivity index (χ1n) is 8.09. The van der Waals surface area contributed by atoms with Gasteiger partial charge in [0.05, 0.1) is 5.92 Å². The molecule has 1 saturated heterocycles. The quantitative estimate of drug-likeness (QED) is 0.752. The minimum absolute atomic E-state index is 0. The summed E-state index contributed by atoms with van der Waals surface area (Å²) in [5.41, 5.74) is 0.615. The maximum atomic E-state index is 12.5. The molecule has 1 heterocycles. The summed E-state index contributed by atoms with van der Waals surface area (Å²) in [6.07, 6.45) is 2.60. The van der Waals surface area contributed by atoms with E-state index in [9.17, 15) is 9.59 Å². The number of likely N-dealkylation sites (tertiary alicyclic amines) is 1. The fraction of sp³-hybridized carbons (Fsp3) is 0.529. The Balaban J connectivity index is 0.00000288. The van der Waals surface area contributed by atoms with Crippen LogP contribution in [0.2, 0.25) is 5.02 Å². The van der Waals surface area contributed by atoms with Crippen LogP contribution in [0.5, 0.6) is 0 Å². The van der Waals surface area contributed by atoms with E-state index in [1.54, 1.807) is 29.2 Å². The summed E-state index contributed by atoms with van der Waals surface area (Å²) >= 11 is 5.86. The van der Waals surface area contributed by atoms with Crippen molar-refractivity contribution in [2.45, 2.75) is 19.3 Å². The normalized spacial score (nSPS) is 17.1. The first kappa shape index (κ1) is 20.7. The minimum Gasteiger partial charge on any atom is -0.356 e. The Morgan fingerprint density at radius 2 is 1.96 bits per heavy atom. The largest absolute Gasteiger partial charge is 0.356 e. The highest BCUT2D eigenvalue weighted by molar-refractivity contribution is 6.30. The summed E-state index contributed by atoms with van der Waals surface area (Å²) in [5.74, 6) is -0.0985. The lowest BCUT2D eigenvalue weighted by Gasteiger charge is -2.32. The van der Waals surface area contributed by atoms with Gasteiger partial charge in [-0.2, -0.15) is 0 Å². The number of piperidine rings is 1. The molecule has 5 nitrogen and oxygen atoms in total. The lowest BCUT2D eigenvalue weighted by Crippen LogP contribution is -2.45. The van der Waals surface area contributed by atoms with Crippen LogP contribution in [0.25, 0.3) is 0 Å². The molecule has 2 amide bonds. The molecule has 0 aromatic heterocycles. The van der Waals surface area contributed by atoms with Crippen molar-refractivity contribution in [3.63, 3.8) is 0 Å². The summed E-state index contributed by atoms with van der Waals surface area (Å²) < 4.78 is 0. The van der Waals surface area contributed by atoms with Crippen LogP contribution in [-0.4, -0.2) is 49.9 Å². The molecule has 0 bridgehead atoms. The topological polar surface area (TPSA) is 61.4 Å². The Hall–Kier alpha value is -1.30. The summed E-state index contributed by atoms with van der Waals surface area (Å²) in [6.45, 7) is 2.73. The van der Waals surface area contributed by atoms with Gasteiger partial charge in [0.1, 0.15) is 0 Å². The average molecular weight is 374 g/mol. The Labute approximate surface area is 154 Å². The fourth-order valence-corrected chi connectivity index (χ4v) is 2.90. The van der Waals surface area contributed by atoms with E-state index in [0.717, 1.165) is 25.8 Å². The molecule has 2 N–H and O–H groups in total. The number of nitrogens with zero attached hydrogens (tertiary/aromatic N) is 1. The van der Waals surface area contributed by atoms with Crippen LogP contribution < -0.4 is 10.6 Å². The highest BCUT2D eigenvalue weighted by atomic mass is 35.5. The molecule has 0 spiro atoms. The molecule has 1 unspecified atom stereocenters. The molecule has 1 aromatic rings. The van der Waals surface area contributed by atoms with Crippen molar-refractivity contribution in [3.05, 3.63) is 34.9 Å². The van der Waals surface area contributed by atoms with Crippen molar-refractivity contribution in [2.24, 2.45) is 5.92 Å². The van der Waals surface area contributed by atoms with Crippen LogP contribution in [0.3, 0.4) is 0 Å². The second-order valence-electron chi connectivity index (χ2n) is 5.85. The van der Waals surface area contributed by atoms with Crippen LogP contribution in [-0.2, 0) is 4.79 Å². The number of carbonyl (C=O) groups excluding carboxylic acids is 2. The number of rotatable bonds is 6. The van der Waals surface area contributed by atoms with E-state index in [2.05, 4.69) is 10.6 Å². The third-order valence-corrected chi connectivity index (χ3v) is 4.33. The third kappa shape index (κ3) is 5.96. The summed E-state index contributed by atoms with van der Waals surface area (Å²) in [7, 11) is 1.89. The SMILES string of the molecule is CNCCCNC(=O)C1CCCN(C(=O)c2ccc(Cl)cc2)C1.Cl. The van der Waals surface area contributed by atoms with Gasteiger partial charge in [-0.25, -0.2) is 0 Å². The van der Waals surface area contributed by atoms with Gasteiger partial charge >= 0.3 is 0 Å². The lowest BCUT2D eigenvalue weighted by atomic mass is 9.96. The molecule has 1 aliphatic heterocycles. The van der Waals surface area contributed by atoms with Crippen LogP contribution in [0.1, 0.15) is 29.6 Å². The van der Waals surface area contributed by atoms with Crippen LogP contribution in [0.4, 0.5) is 0 Å². The standard InChI is InChI=1S/C17H24ClN3O2.ClH/c1-19-9-3-10-20-16(22)14-4-2-11-21(12-14)17(23)13-5-7-15(18)8-6-13;/h5-8,14,19H,2-4,9-12H2,1H3,(H,20,22);1H. The molecule has 7 heteroatoms. The summed E-state index contributed by atoms with van der Waals surface area (Å²) in [4.78, 5) is 26.5. The van der Waals surface area contributed by atoms with Crippen molar-refractivity contribution < 1.29 is 9.59 Å². The molecule has 1 atom stereocenters. The molecule has 134 valence electrons. The molecule has 1 aliphatic rings. The number of nitrogens with one attached hydrogen (secondary N) is 2. The molecular formula is C17H25Cl2N3O2. The summed E-state index contributed by atoms with van der Waals surface area (Å²) in [5, 5.41) is 6.62. The molecule has 2 rings (SSSR count). The zero-order valence-electron chi connectivity index (χ0n) is 13.9. The van der Waals surface area contributed by atoms with Gasteiger partial charge in [0.15, 0.2) is 0 Å². The van der Waals surface area contributed by atoms with Crippen LogP contribution in [0, 0.1) is 5.92 Å². The monoisotopic (exact) mass is 373 g/mol. The van der Waals surface area contributed by atoms with Gasteiger partial charge in [-0.15, -0.1) is 12.4 Å². The molecule has 24 heavy (non-hydrogen) atoms. The van der Waals surface area contributed by atoms with E-state index in [1.165, 1.54) is 0 Å². The molecular weight excluding hydrogens is 349 g/mol. The van der Waals surface area contributed by atoms with E-state index in [1.807, 2.05) is 7.05 Å². The Bertz CT molecular complexity index is 537. The van der Waals surface area contributed by atoms with Gasteiger partial charge in [0.25, 0.3) is 5.91 Å². The first-order chi connectivity index (χ1) is 11.1. The Kier molecular flexibility index (Phi) is 9.11. The van der Waals surface area contributed by atoms with E-state index in [4.69, 9.17) is 11.6 Å². The number of carbonyl (C=O) groups is 2. The number of hydrogen-bond acceptors (Lipinski definition) is 3. The molecule has 0 saturated carbocycles. The second-order valence-corrected chi connectivity index (χ2v) is 6.28. The number of benzene rings is 1. The van der Waals surface area contributed by atoms with Gasteiger partial charge in [0.2, 0.25) is 5.91 Å². The predicted molar refractivity (Wildman–Crippen MR) is 98.9 cm³/mol. The van der Waals surface area contributed by atoms with Crippen molar-refractivity contribution in [1.82, 2.24) is 15.5 Å². The smallest absolute Gasteiger partial charge is 0.253 e. The van der Waals surface area contributed by atoms with E-state index in [-0.39, 0.29) is 30.1 Å². The van der Waals surface area contributed by atoms with E-state index in [0.29, 0.717) is 30.2 Å². The zero-order valence-corrected chi connectivity index (χ0v) is 15.5. The maximum Gasteiger partial charge on any atom is 0.253 e. The van der Waals surface area contributed by atoms with Gasteiger partial charge in [-0.3, -0.25) is 9.59 Å². The summed E-state index contributed by atoms with van der Waals surface area (Å²) in [6, 6.07) is 6.88. The highest BCUT2D eigenvalue weighted by Crippen LogP contribution is 2.19. The number of hydrogen-bond donors (Lipinski definition) is 2. The third-order valence-electron chi connectivity index (χ3n) is 4.07. The molecule has 1 aromatic carbocycles. The van der Waals surface area contributed by atoms with Crippen LogP contribution in [0.15, 0.2) is 24.3 Å². The number of halogens is 2. The van der Waals surface area contributed by atoms with Gasteiger partial charge in [-0.1, -0.05) is 11.6 Å². The Morgan fingerprint density at radius 3 is 2.62 bits per heavy atom. The fourth-order valence-electron chi connectivity index (χ4n) is 2.77. The van der Waals surface area contributed by atoms with Crippen molar-refractivity contribution in [2.75, 3.05) is 33.2 Å². The molecule has 0 radical (unpaired) electrons. The maximum absolute atomic E-state index is 12.5. The van der Waals surface area contributed by atoms with Crippen molar-refractivity contribution in [3.8, 4) is 0 Å². The molecule has 0 aliphatic carbocycles. The van der Waals surface area contributed by atoms with Crippen molar-refractivity contribution >= 4 is 35.8 Å². The van der Waals surface area contributed by atoms with Crippen molar-refractivity contribution in [1.29, 1.82) is 0 Å². The second kappa shape index (κ2) is 10.5. The highest BCUT2D eigenvalue weighted by Gasteiger charge is 2.28. The first-order valence-corrected chi connectivity index (χ1v) is 8.46. The zero-order chi connectivity index (χ0) is 16.7. The number of amides is 2. The van der Waals surface area contributed by atoms with Gasteiger partial charge in [-0.05, 0) is 57.1 Å². The molecule has 1 fully saturated rings. The van der Waals surface area contributed by atoms with Crippen LogP contribution >= 0.6 is 24.0 Å². The van der Waals surface area contributed by atoms with E-state index < -0.39 is 0 Å². The van der Waals surface area contributed by atoms with Gasteiger partial charge < -0.3 is 15.5 Å². The minimum atomic E-state index is -0.116.